The molecule has 1 unspecified atom stereocenters. The van der Waals surface area contributed by atoms with Crippen molar-refractivity contribution in [1.29, 1.82) is 0 Å². The Morgan fingerprint density at radius 3 is 2.59 bits per heavy atom. The molecule has 2 aromatic rings. The van der Waals surface area contributed by atoms with Gasteiger partial charge < -0.3 is 15.9 Å². The lowest BCUT2D eigenvalue weighted by molar-refractivity contribution is -0.385. The van der Waals surface area contributed by atoms with Crippen LogP contribution < -0.4 is 11.2 Å². The largest absolute Gasteiger partial charge is 0.463 e. The number of ether oxygens (including phenoxy) is 1. The van der Waals surface area contributed by atoms with Crippen LogP contribution in [-0.2, 0) is 16.0 Å². The molecule has 2 aromatic carbocycles. The van der Waals surface area contributed by atoms with Crippen LogP contribution in [-0.4, -0.2) is 23.7 Å². The number of nitro groups is 1. The Hall–Kier alpha value is -3.42. The number of benzene rings is 2. The third kappa shape index (κ3) is 5.53. The second-order valence-electron chi connectivity index (χ2n) is 5.90. The highest BCUT2D eigenvalue weighted by Gasteiger charge is 2.18. The van der Waals surface area contributed by atoms with Gasteiger partial charge in [0.05, 0.1) is 17.2 Å². The molecule has 1 atom stereocenters. The highest BCUT2D eigenvalue weighted by molar-refractivity contribution is 5.80. The van der Waals surface area contributed by atoms with Gasteiger partial charge in [0.25, 0.3) is 5.69 Å². The fourth-order valence-electron chi connectivity index (χ4n) is 2.66. The minimum Gasteiger partial charge on any atom is -0.463 e. The second kappa shape index (κ2) is 9.33. The summed E-state index contributed by atoms with van der Waals surface area (Å²) in [5.41, 5.74) is 3.16. The highest BCUT2D eigenvalue weighted by Crippen LogP contribution is 2.26. The van der Waals surface area contributed by atoms with Crippen molar-refractivity contribution in [2.75, 3.05) is 11.9 Å². The van der Waals surface area contributed by atoms with Crippen molar-refractivity contribution in [3.8, 4) is 0 Å². The molecule has 0 aliphatic carbocycles. The molecule has 0 bridgehead atoms. The number of hydrazone groups is 1. The molecular formula is C19H22N4O4. The van der Waals surface area contributed by atoms with Crippen LogP contribution in [0.5, 0.6) is 0 Å². The lowest BCUT2D eigenvalue weighted by Crippen LogP contribution is -2.19. The van der Waals surface area contributed by atoms with Crippen molar-refractivity contribution in [3.05, 3.63) is 69.3 Å². The normalized spacial score (nSPS) is 11.9. The SMILES string of the molecule is CCc1cc(C(COC(C)=O)Nc2ccc(C=NN)cc2)ccc1[N+](=O)[O-]. The molecule has 0 aromatic heterocycles. The monoisotopic (exact) mass is 370 g/mol. The van der Waals surface area contributed by atoms with Crippen molar-refractivity contribution in [1.82, 2.24) is 0 Å². The Bertz CT molecular complexity index is 834. The predicted octanol–water partition coefficient (Wildman–Crippen LogP) is 3.17. The van der Waals surface area contributed by atoms with E-state index < -0.39 is 10.9 Å². The maximum atomic E-state index is 11.2. The first-order valence-electron chi connectivity index (χ1n) is 8.45. The van der Waals surface area contributed by atoms with Crippen molar-refractivity contribution < 1.29 is 14.5 Å². The molecular weight excluding hydrogens is 348 g/mol. The number of nitro benzene ring substituents is 1. The van der Waals surface area contributed by atoms with E-state index in [1.54, 1.807) is 12.1 Å². The molecule has 142 valence electrons. The van der Waals surface area contributed by atoms with E-state index in [2.05, 4.69) is 10.4 Å². The van der Waals surface area contributed by atoms with E-state index in [1.165, 1.54) is 19.2 Å². The Labute approximate surface area is 157 Å². The molecule has 0 heterocycles. The van der Waals surface area contributed by atoms with Gasteiger partial charge in [-0.15, -0.1) is 0 Å². The van der Waals surface area contributed by atoms with Gasteiger partial charge in [0.2, 0.25) is 0 Å². The van der Waals surface area contributed by atoms with Crippen LogP contribution in [0.1, 0.15) is 36.6 Å². The third-order valence-corrected chi connectivity index (χ3v) is 4.01. The molecule has 0 aliphatic rings. The summed E-state index contributed by atoms with van der Waals surface area (Å²) in [6.45, 7) is 3.30. The number of nitrogens with one attached hydrogen (secondary N) is 1. The van der Waals surface area contributed by atoms with Gasteiger partial charge in [-0.25, -0.2) is 0 Å². The first kappa shape index (κ1) is 19.9. The molecule has 0 radical (unpaired) electrons. The van der Waals surface area contributed by atoms with E-state index in [0.29, 0.717) is 12.0 Å². The predicted molar refractivity (Wildman–Crippen MR) is 104 cm³/mol. The van der Waals surface area contributed by atoms with Gasteiger partial charge in [0, 0.05) is 24.2 Å². The van der Waals surface area contributed by atoms with Gasteiger partial charge in [-0.1, -0.05) is 19.1 Å². The Kier molecular flexibility index (Phi) is 6.87. The number of aryl methyl sites for hydroxylation is 1. The van der Waals surface area contributed by atoms with E-state index in [9.17, 15) is 14.9 Å². The van der Waals surface area contributed by atoms with Crippen LogP contribution in [0.25, 0.3) is 0 Å². The number of carbonyl (C=O) groups excluding carboxylic acids is 1. The van der Waals surface area contributed by atoms with Crippen LogP contribution in [0.4, 0.5) is 11.4 Å². The van der Waals surface area contributed by atoms with Gasteiger partial charge >= 0.3 is 5.97 Å². The average molecular weight is 370 g/mol. The third-order valence-electron chi connectivity index (χ3n) is 4.01. The number of rotatable bonds is 8. The quantitative estimate of drug-likeness (QED) is 0.242. The molecule has 0 amide bonds. The van der Waals surface area contributed by atoms with Crippen LogP contribution in [0.2, 0.25) is 0 Å². The molecule has 0 spiro atoms. The lowest BCUT2D eigenvalue weighted by Gasteiger charge is -2.21. The van der Waals surface area contributed by atoms with Crippen LogP contribution in [0.3, 0.4) is 0 Å². The zero-order valence-electron chi connectivity index (χ0n) is 15.2. The van der Waals surface area contributed by atoms with E-state index in [4.69, 9.17) is 10.6 Å². The van der Waals surface area contributed by atoms with Crippen molar-refractivity contribution in [2.45, 2.75) is 26.3 Å². The Morgan fingerprint density at radius 2 is 2.04 bits per heavy atom. The van der Waals surface area contributed by atoms with E-state index in [-0.39, 0.29) is 18.3 Å². The summed E-state index contributed by atoms with van der Waals surface area (Å²) in [5.74, 6) is 4.75. The van der Waals surface area contributed by atoms with Crippen LogP contribution >= 0.6 is 0 Å². The van der Waals surface area contributed by atoms with E-state index >= 15 is 0 Å². The molecule has 2 rings (SSSR count). The number of hydrogen-bond donors (Lipinski definition) is 2. The first-order chi connectivity index (χ1) is 12.9. The number of nitrogens with two attached hydrogens (primary N) is 1. The summed E-state index contributed by atoms with van der Waals surface area (Å²) in [5, 5.41) is 17.9. The summed E-state index contributed by atoms with van der Waals surface area (Å²) >= 11 is 0. The number of nitrogens with zero attached hydrogens (tertiary/aromatic N) is 2. The molecule has 27 heavy (non-hydrogen) atoms. The molecule has 0 fully saturated rings. The fraction of sp³-hybridized carbons (Fsp3) is 0.263. The molecule has 3 N–H and O–H groups in total. The first-order valence-corrected chi connectivity index (χ1v) is 8.45. The highest BCUT2D eigenvalue weighted by atomic mass is 16.6. The summed E-state index contributed by atoms with van der Waals surface area (Å²) in [6, 6.07) is 12.0. The zero-order chi connectivity index (χ0) is 19.8. The van der Waals surface area contributed by atoms with E-state index in [0.717, 1.165) is 16.8 Å². The van der Waals surface area contributed by atoms with Crippen LogP contribution in [0, 0.1) is 10.1 Å². The number of anilines is 1. The topological polar surface area (TPSA) is 120 Å². The van der Waals surface area contributed by atoms with Gasteiger partial charge in [-0.3, -0.25) is 14.9 Å². The molecule has 8 nitrogen and oxygen atoms in total. The Morgan fingerprint density at radius 1 is 1.33 bits per heavy atom. The molecule has 0 aliphatic heterocycles. The maximum absolute atomic E-state index is 11.2. The van der Waals surface area contributed by atoms with Crippen molar-refractivity contribution >= 4 is 23.6 Å². The maximum Gasteiger partial charge on any atom is 0.302 e. The van der Waals surface area contributed by atoms with Crippen molar-refractivity contribution in [2.24, 2.45) is 10.9 Å². The van der Waals surface area contributed by atoms with Gasteiger partial charge in [-0.2, -0.15) is 5.10 Å². The number of esters is 1. The van der Waals surface area contributed by atoms with Gasteiger partial charge in [0.1, 0.15) is 6.61 Å². The summed E-state index contributed by atoms with van der Waals surface area (Å²) in [6.07, 6.45) is 2.06. The number of carbonyl (C=O) groups is 1. The lowest BCUT2D eigenvalue weighted by atomic mass is 10.0. The minimum atomic E-state index is -0.395. The average Bonchev–Trinajstić information content (AvgIpc) is 2.66. The van der Waals surface area contributed by atoms with Gasteiger partial charge in [0.15, 0.2) is 0 Å². The fourth-order valence-corrected chi connectivity index (χ4v) is 2.66. The van der Waals surface area contributed by atoms with Crippen molar-refractivity contribution in [3.63, 3.8) is 0 Å². The molecule has 8 heteroatoms. The number of hydrogen-bond acceptors (Lipinski definition) is 7. The summed E-state index contributed by atoms with van der Waals surface area (Å²) < 4.78 is 5.17. The smallest absolute Gasteiger partial charge is 0.302 e. The second-order valence-corrected chi connectivity index (χ2v) is 5.90. The Balaban J connectivity index is 2.30. The van der Waals surface area contributed by atoms with E-state index in [1.807, 2.05) is 31.2 Å². The van der Waals surface area contributed by atoms with Gasteiger partial charge in [-0.05, 0) is 41.8 Å². The molecule has 0 saturated heterocycles. The zero-order valence-corrected chi connectivity index (χ0v) is 15.2. The standard InChI is InChI=1S/C19H22N4O4/c1-3-15-10-16(6-9-19(15)23(25)26)18(12-27-13(2)24)22-17-7-4-14(5-8-17)11-21-20/h4-11,18,22H,3,12,20H2,1-2H3. The van der Waals surface area contributed by atoms with Crippen LogP contribution in [0.15, 0.2) is 47.6 Å². The summed E-state index contributed by atoms with van der Waals surface area (Å²) in [7, 11) is 0. The minimum absolute atomic E-state index is 0.0814. The summed E-state index contributed by atoms with van der Waals surface area (Å²) in [4.78, 5) is 22.0. The molecule has 0 saturated carbocycles.